The summed E-state index contributed by atoms with van der Waals surface area (Å²) in [6, 6.07) is 0. The van der Waals surface area contributed by atoms with E-state index in [4.69, 9.17) is 5.73 Å². The molecule has 0 aromatic carbocycles. The third-order valence-corrected chi connectivity index (χ3v) is 5.88. The Morgan fingerprint density at radius 3 is 2.71 bits per heavy atom. The maximum Gasteiger partial charge on any atom is 0.148 e. The summed E-state index contributed by atoms with van der Waals surface area (Å²) in [5.41, 5.74) is 8.21. The van der Waals surface area contributed by atoms with Crippen LogP contribution in [-0.2, 0) is 0 Å². The Kier molecular flexibility index (Phi) is 3.67. The Balaban J connectivity index is 1.97. The van der Waals surface area contributed by atoms with E-state index in [-0.39, 0.29) is 5.54 Å². The van der Waals surface area contributed by atoms with Crippen molar-refractivity contribution in [1.29, 1.82) is 0 Å². The lowest BCUT2D eigenvalue weighted by molar-refractivity contribution is 0.139. The first-order valence-corrected chi connectivity index (χ1v) is 8.67. The van der Waals surface area contributed by atoms with Gasteiger partial charge in [0, 0.05) is 30.6 Å². The van der Waals surface area contributed by atoms with Crippen LogP contribution in [0.4, 0.5) is 10.8 Å². The maximum atomic E-state index is 6.11. The summed E-state index contributed by atoms with van der Waals surface area (Å²) in [5.74, 6) is 0.594. The molecule has 1 saturated heterocycles. The van der Waals surface area contributed by atoms with Crippen LogP contribution in [0.1, 0.15) is 18.9 Å². The number of piperazine rings is 1. The number of nitrogen functional groups attached to an aromatic ring is 1. The number of likely N-dealkylation sites (N-methyl/N-ethyl adjacent to an activating group) is 1. The van der Waals surface area contributed by atoms with Crippen LogP contribution in [0.2, 0.25) is 0 Å². The van der Waals surface area contributed by atoms with Crippen LogP contribution in [0.25, 0.3) is 11.3 Å². The van der Waals surface area contributed by atoms with Crippen molar-refractivity contribution in [1.82, 2.24) is 14.3 Å². The van der Waals surface area contributed by atoms with Crippen molar-refractivity contribution in [2.45, 2.75) is 26.3 Å². The summed E-state index contributed by atoms with van der Waals surface area (Å²) in [6.07, 6.45) is 0. The van der Waals surface area contributed by atoms with Crippen molar-refractivity contribution in [2.24, 2.45) is 0 Å². The summed E-state index contributed by atoms with van der Waals surface area (Å²) in [6.45, 7) is 9.58. The zero-order valence-corrected chi connectivity index (χ0v) is 14.5. The normalized spacial score (nSPS) is 19.1. The van der Waals surface area contributed by atoms with Crippen molar-refractivity contribution in [2.75, 3.05) is 37.3 Å². The predicted octanol–water partition coefficient (Wildman–Crippen LogP) is 2.69. The molecule has 5 nitrogen and oxygen atoms in total. The fraction of sp³-hybridized carbons (Fsp3) is 0.571. The largest absolute Gasteiger partial charge is 0.382 e. The maximum absolute atomic E-state index is 6.11. The number of anilines is 2. The van der Waals surface area contributed by atoms with Crippen LogP contribution < -0.4 is 10.6 Å². The zero-order chi connectivity index (χ0) is 15.2. The molecule has 114 valence electrons. The van der Waals surface area contributed by atoms with E-state index in [1.165, 1.54) is 11.5 Å². The highest BCUT2D eigenvalue weighted by atomic mass is 32.1. The van der Waals surface area contributed by atoms with Crippen LogP contribution in [-0.4, -0.2) is 46.5 Å². The molecule has 1 aliphatic rings. The van der Waals surface area contributed by atoms with Gasteiger partial charge in [0.25, 0.3) is 0 Å². The standard InChI is InChI=1S/C14H21N5S2/c1-9-16-10(7-20-9)11-12(15)17-21-13(11)19-6-5-18(4)14(2,3)8-19/h7H,5-6,8H2,1-4H3,(H2,15,17). The van der Waals surface area contributed by atoms with E-state index in [1.54, 1.807) is 11.3 Å². The van der Waals surface area contributed by atoms with E-state index in [0.717, 1.165) is 40.9 Å². The van der Waals surface area contributed by atoms with Gasteiger partial charge in [-0.25, -0.2) is 4.98 Å². The molecule has 0 amide bonds. The van der Waals surface area contributed by atoms with E-state index < -0.39 is 0 Å². The number of thiazole rings is 1. The lowest BCUT2D eigenvalue weighted by Crippen LogP contribution is -2.57. The molecule has 0 saturated carbocycles. The van der Waals surface area contributed by atoms with Crippen LogP contribution in [0.3, 0.4) is 0 Å². The molecular weight excluding hydrogens is 302 g/mol. The van der Waals surface area contributed by atoms with Crippen molar-refractivity contribution in [3.8, 4) is 11.3 Å². The average molecular weight is 323 g/mol. The highest BCUT2D eigenvalue weighted by molar-refractivity contribution is 7.11. The highest BCUT2D eigenvalue weighted by Gasteiger charge is 2.33. The number of rotatable bonds is 2. The Labute approximate surface area is 133 Å². The second-order valence-corrected chi connectivity index (χ2v) is 7.97. The molecule has 0 spiro atoms. The minimum atomic E-state index is 0.145. The number of nitrogens with two attached hydrogens (primary N) is 1. The minimum absolute atomic E-state index is 0.145. The van der Waals surface area contributed by atoms with Crippen LogP contribution in [0, 0.1) is 6.92 Å². The Bertz CT molecular complexity index is 646. The number of hydrogen-bond acceptors (Lipinski definition) is 7. The molecule has 0 radical (unpaired) electrons. The van der Waals surface area contributed by atoms with E-state index in [0.29, 0.717) is 5.82 Å². The fourth-order valence-electron chi connectivity index (χ4n) is 2.64. The molecule has 0 unspecified atom stereocenters. The first-order valence-electron chi connectivity index (χ1n) is 7.02. The Hall–Kier alpha value is -1.18. The van der Waals surface area contributed by atoms with E-state index in [9.17, 15) is 0 Å². The minimum Gasteiger partial charge on any atom is -0.382 e. The molecule has 3 rings (SSSR count). The third kappa shape index (κ3) is 2.65. The van der Waals surface area contributed by atoms with Gasteiger partial charge in [0.15, 0.2) is 0 Å². The summed E-state index contributed by atoms with van der Waals surface area (Å²) in [7, 11) is 2.18. The third-order valence-electron chi connectivity index (χ3n) is 4.18. The summed E-state index contributed by atoms with van der Waals surface area (Å²) in [4.78, 5) is 9.39. The fourth-order valence-corrected chi connectivity index (χ4v) is 4.09. The first-order chi connectivity index (χ1) is 9.88. The van der Waals surface area contributed by atoms with Gasteiger partial charge in [-0.05, 0) is 39.4 Å². The molecule has 1 aliphatic heterocycles. The Morgan fingerprint density at radius 1 is 1.33 bits per heavy atom. The van der Waals surface area contributed by atoms with Gasteiger partial charge in [-0.2, -0.15) is 4.37 Å². The molecule has 21 heavy (non-hydrogen) atoms. The Morgan fingerprint density at radius 2 is 2.10 bits per heavy atom. The molecule has 1 fully saturated rings. The summed E-state index contributed by atoms with van der Waals surface area (Å²) >= 11 is 3.14. The smallest absolute Gasteiger partial charge is 0.148 e. The van der Waals surface area contributed by atoms with Gasteiger partial charge in [0.05, 0.1) is 16.3 Å². The SMILES string of the molecule is Cc1nc(-c2c(N)nsc2N2CCN(C)C(C)(C)C2)cs1. The quantitative estimate of drug-likeness (QED) is 0.921. The van der Waals surface area contributed by atoms with Crippen molar-refractivity contribution >= 4 is 33.7 Å². The summed E-state index contributed by atoms with van der Waals surface area (Å²) in [5, 5.41) is 4.28. The van der Waals surface area contributed by atoms with Gasteiger partial charge in [0.2, 0.25) is 0 Å². The molecule has 0 aliphatic carbocycles. The van der Waals surface area contributed by atoms with Gasteiger partial charge in [0.1, 0.15) is 10.8 Å². The van der Waals surface area contributed by atoms with Gasteiger partial charge in [-0.15, -0.1) is 11.3 Å². The molecule has 2 N–H and O–H groups in total. The lowest BCUT2D eigenvalue weighted by atomic mass is 9.99. The van der Waals surface area contributed by atoms with Crippen molar-refractivity contribution < 1.29 is 0 Å². The second-order valence-electron chi connectivity index (χ2n) is 6.16. The number of nitrogens with zero attached hydrogens (tertiary/aromatic N) is 4. The van der Waals surface area contributed by atoms with E-state index in [1.807, 2.05) is 6.92 Å². The highest BCUT2D eigenvalue weighted by Crippen LogP contribution is 2.40. The number of hydrogen-bond donors (Lipinski definition) is 1. The van der Waals surface area contributed by atoms with E-state index >= 15 is 0 Å². The van der Waals surface area contributed by atoms with Gasteiger partial charge in [-0.3, -0.25) is 4.90 Å². The van der Waals surface area contributed by atoms with Crippen LogP contribution in [0.5, 0.6) is 0 Å². The van der Waals surface area contributed by atoms with Crippen LogP contribution >= 0.6 is 22.9 Å². The molecule has 3 heterocycles. The molecule has 2 aromatic heterocycles. The van der Waals surface area contributed by atoms with Gasteiger partial charge < -0.3 is 10.6 Å². The molecular formula is C14H21N5S2. The number of aryl methyl sites for hydroxylation is 1. The van der Waals surface area contributed by atoms with Gasteiger partial charge >= 0.3 is 0 Å². The summed E-state index contributed by atoms with van der Waals surface area (Å²) < 4.78 is 4.37. The van der Waals surface area contributed by atoms with Crippen molar-refractivity contribution in [3.05, 3.63) is 10.4 Å². The number of aromatic nitrogens is 2. The van der Waals surface area contributed by atoms with Crippen molar-refractivity contribution in [3.63, 3.8) is 0 Å². The van der Waals surface area contributed by atoms with E-state index in [2.05, 4.69) is 45.4 Å². The molecule has 0 atom stereocenters. The monoisotopic (exact) mass is 323 g/mol. The topological polar surface area (TPSA) is 58.3 Å². The average Bonchev–Trinajstić information content (AvgIpc) is 2.98. The second kappa shape index (κ2) is 5.23. The molecule has 7 heteroatoms. The predicted molar refractivity (Wildman–Crippen MR) is 91.3 cm³/mol. The molecule has 2 aromatic rings. The zero-order valence-electron chi connectivity index (χ0n) is 12.9. The van der Waals surface area contributed by atoms with Crippen LogP contribution in [0.15, 0.2) is 5.38 Å². The lowest BCUT2D eigenvalue weighted by Gasteiger charge is -2.45. The molecule has 0 bridgehead atoms. The first kappa shape index (κ1) is 14.7. The van der Waals surface area contributed by atoms with Gasteiger partial charge in [-0.1, -0.05) is 0 Å².